The molecule has 2 aromatic rings. The second kappa shape index (κ2) is 5.37. The number of fused-ring (bicyclic) bond motifs is 1. The summed E-state index contributed by atoms with van der Waals surface area (Å²) in [5, 5.41) is 14.5. The largest absolute Gasteiger partial charge is 0.338 e. The Morgan fingerprint density at radius 1 is 1.23 bits per heavy atom. The molecule has 1 aromatic carbocycles. The lowest BCUT2D eigenvalue weighted by molar-refractivity contribution is 0.252. The van der Waals surface area contributed by atoms with Gasteiger partial charge in [-0.25, -0.2) is 4.79 Å². The van der Waals surface area contributed by atoms with E-state index < -0.39 is 0 Å². The number of anilines is 1. The van der Waals surface area contributed by atoms with Crippen LogP contribution in [0.2, 0.25) is 0 Å². The maximum Gasteiger partial charge on any atom is 0.319 e. The first-order valence-electron chi connectivity index (χ1n) is 6.90. The van der Waals surface area contributed by atoms with Gasteiger partial charge in [0.2, 0.25) is 0 Å². The summed E-state index contributed by atoms with van der Waals surface area (Å²) in [4.78, 5) is 25.8. The number of carbonyl (C=O) groups is 1. The van der Waals surface area contributed by atoms with Gasteiger partial charge in [-0.3, -0.25) is 4.79 Å². The van der Waals surface area contributed by atoms with E-state index in [4.69, 9.17) is 5.26 Å². The van der Waals surface area contributed by atoms with Crippen LogP contribution in [0.25, 0.3) is 11.1 Å². The van der Waals surface area contributed by atoms with Crippen LogP contribution in [0, 0.1) is 18.3 Å². The molecule has 1 aromatic heterocycles. The lowest BCUT2D eigenvalue weighted by Gasteiger charge is -2.11. The van der Waals surface area contributed by atoms with E-state index in [2.05, 4.69) is 15.6 Å². The molecule has 0 bridgehead atoms. The second-order valence-electron chi connectivity index (χ2n) is 5.17. The molecule has 0 saturated carbocycles. The summed E-state index contributed by atoms with van der Waals surface area (Å²) in [5.41, 5.74) is 3.92. The molecule has 0 unspecified atom stereocenters. The number of carbonyl (C=O) groups excluding carboxylic acids is 1. The minimum atomic E-state index is -0.380. The average molecular weight is 294 g/mol. The summed E-state index contributed by atoms with van der Waals surface area (Å²) in [6.07, 6.45) is 0.718. The van der Waals surface area contributed by atoms with E-state index in [0.29, 0.717) is 12.2 Å². The van der Waals surface area contributed by atoms with E-state index in [9.17, 15) is 9.59 Å². The number of hydrogen-bond donors (Lipinski definition) is 3. The molecule has 22 heavy (non-hydrogen) atoms. The molecular weight excluding hydrogens is 280 g/mol. The van der Waals surface area contributed by atoms with E-state index in [0.717, 1.165) is 28.8 Å². The monoisotopic (exact) mass is 294 g/mol. The fourth-order valence-electron chi connectivity index (χ4n) is 2.57. The first-order chi connectivity index (χ1) is 10.6. The number of rotatable bonds is 1. The molecule has 2 heterocycles. The number of aromatic nitrogens is 1. The van der Waals surface area contributed by atoms with Crippen molar-refractivity contribution in [3.05, 3.63) is 51.4 Å². The van der Waals surface area contributed by atoms with Crippen LogP contribution in [0.15, 0.2) is 29.1 Å². The molecular formula is C16H14N4O2. The highest BCUT2D eigenvalue weighted by Crippen LogP contribution is 2.28. The number of benzene rings is 1. The fraction of sp³-hybridized carbons (Fsp3) is 0.188. The number of H-pyrrole nitrogens is 1. The molecule has 0 fully saturated rings. The van der Waals surface area contributed by atoms with Gasteiger partial charge in [-0.2, -0.15) is 5.26 Å². The molecule has 0 atom stereocenters. The zero-order chi connectivity index (χ0) is 15.7. The second-order valence-corrected chi connectivity index (χ2v) is 5.17. The van der Waals surface area contributed by atoms with Crippen LogP contribution in [-0.4, -0.2) is 17.6 Å². The normalized spacial score (nSPS) is 13.4. The van der Waals surface area contributed by atoms with E-state index in [1.165, 1.54) is 0 Å². The molecule has 0 aliphatic carbocycles. The smallest absolute Gasteiger partial charge is 0.319 e. The molecule has 1 aliphatic heterocycles. The SMILES string of the molecule is Cc1[nH]c(=O)c(C#N)cc1-c1ccc2c(c1)CCNC(=O)N2. The molecule has 0 radical (unpaired) electrons. The van der Waals surface area contributed by atoms with Gasteiger partial charge >= 0.3 is 6.03 Å². The van der Waals surface area contributed by atoms with Gasteiger partial charge in [0.05, 0.1) is 0 Å². The number of amides is 2. The predicted molar refractivity (Wildman–Crippen MR) is 82.7 cm³/mol. The molecule has 0 saturated heterocycles. The lowest BCUT2D eigenvalue weighted by atomic mass is 9.98. The Labute approximate surface area is 126 Å². The number of urea groups is 1. The van der Waals surface area contributed by atoms with E-state index in [1.807, 2.05) is 24.3 Å². The first kappa shape index (κ1) is 13.9. The van der Waals surface area contributed by atoms with Crippen molar-refractivity contribution in [1.82, 2.24) is 10.3 Å². The highest BCUT2D eigenvalue weighted by atomic mass is 16.2. The third-order valence-electron chi connectivity index (χ3n) is 3.70. The lowest BCUT2D eigenvalue weighted by Crippen LogP contribution is -2.27. The Morgan fingerprint density at radius 2 is 2.05 bits per heavy atom. The third kappa shape index (κ3) is 2.44. The quantitative estimate of drug-likeness (QED) is 0.749. The van der Waals surface area contributed by atoms with Gasteiger partial charge in [0.15, 0.2) is 0 Å². The topological polar surface area (TPSA) is 97.8 Å². The summed E-state index contributed by atoms with van der Waals surface area (Å²) in [6.45, 7) is 2.36. The number of aromatic amines is 1. The standard InChI is InChI=1S/C16H14N4O2/c1-9-13(7-12(8-17)15(21)19-9)10-2-3-14-11(6-10)4-5-18-16(22)20-14/h2-3,6-7H,4-5H2,1H3,(H,19,21)(H2,18,20,22). The van der Waals surface area contributed by atoms with Crippen molar-refractivity contribution in [3.8, 4) is 17.2 Å². The van der Waals surface area contributed by atoms with Gasteiger partial charge in [0, 0.05) is 23.5 Å². The predicted octanol–water partition coefficient (Wildman–Crippen LogP) is 1.90. The zero-order valence-corrected chi connectivity index (χ0v) is 12.0. The van der Waals surface area contributed by atoms with Gasteiger partial charge in [0.25, 0.3) is 5.56 Å². The Hall–Kier alpha value is -3.07. The maximum atomic E-state index is 11.6. The van der Waals surface area contributed by atoms with Crippen LogP contribution < -0.4 is 16.2 Å². The van der Waals surface area contributed by atoms with Gasteiger partial charge in [-0.1, -0.05) is 6.07 Å². The first-order valence-corrected chi connectivity index (χ1v) is 6.90. The van der Waals surface area contributed by atoms with Gasteiger partial charge in [0.1, 0.15) is 11.6 Å². The van der Waals surface area contributed by atoms with Crippen molar-refractivity contribution in [2.45, 2.75) is 13.3 Å². The summed E-state index contributed by atoms with van der Waals surface area (Å²) in [5.74, 6) is 0. The van der Waals surface area contributed by atoms with Crippen molar-refractivity contribution >= 4 is 11.7 Å². The molecule has 6 heteroatoms. The van der Waals surface area contributed by atoms with Crippen LogP contribution in [0.3, 0.4) is 0 Å². The summed E-state index contributed by atoms with van der Waals surface area (Å²) >= 11 is 0. The van der Waals surface area contributed by atoms with Crippen LogP contribution in [0.1, 0.15) is 16.8 Å². The van der Waals surface area contributed by atoms with Crippen LogP contribution >= 0.6 is 0 Å². The van der Waals surface area contributed by atoms with Crippen molar-refractivity contribution < 1.29 is 4.79 Å². The number of nitriles is 1. The fourth-order valence-corrected chi connectivity index (χ4v) is 2.57. The Bertz CT molecular complexity index is 861. The molecule has 1 aliphatic rings. The Morgan fingerprint density at radius 3 is 2.82 bits per heavy atom. The van der Waals surface area contributed by atoms with Crippen LogP contribution in [0.4, 0.5) is 10.5 Å². The van der Waals surface area contributed by atoms with Crippen molar-refractivity contribution in [2.24, 2.45) is 0 Å². The number of nitrogens with one attached hydrogen (secondary N) is 3. The van der Waals surface area contributed by atoms with Crippen molar-refractivity contribution in [2.75, 3.05) is 11.9 Å². The molecule has 110 valence electrons. The van der Waals surface area contributed by atoms with Gasteiger partial charge in [-0.05, 0) is 42.7 Å². The summed E-state index contributed by atoms with van der Waals surface area (Å²) < 4.78 is 0. The van der Waals surface area contributed by atoms with Crippen molar-refractivity contribution in [3.63, 3.8) is 0 Å². The van der Waals surface area contributed by atoms with Crippen molar-refractivity contribution in [1.29, 1.82) is 5.26 Å². The van der Waals surface area contributed by atoms with Gasteiger partial charge < -0.3 is 15.6 Å². The third-order valence-corrected chi connectivity index (χ3v) is 3.70. The number of aryl methyl sites for hydroxylation is 1. The van der Waals surface area contributed by atoms with E-state index in [1.54, 1.807) is 13.0 Å². The molecule has 2 amide bonds. The molecule has 3 N–H and O–H groups in total. The Kier molecular flexibility index (Phi) is 3.39. The highest BCUT2D eigenvalue weighted by Gasteiger charge is 2.14. The Balaban J connectivity index is 2.11. The zero-order valence-electron chi connectivity index (χ0n) is 12.0. The molecule has 3 rings (SSSR count). The highest BCUT2D eigenvalue weighted by molar-refractivity contribution is 5.91. The number of hydrogen-bond acceptors (Lipinski definition) is 3. The minimum Gasteiger partial charge on any atom is -0.338 e. The number of nitrogens with zero attached hydrogens (tertiary/aromatic N) is 1. The van der Waals surface area contributed by atoms with Gasteiger partial charge in [-0.15, -0.1) is 0 Å². The van der Waals surface area contributed by atoms with Crippen LogP contribution in [-0.2, 0) is 6.42 Å². The summed E-state index contributed by atoms with van der Waals surface area (Å²) in [7, 11) is 0. The summed E-state index contributed by atoms with van der Waals surface area (Å²) in [6, 6.07) is 8.97. The minimum absolute atomic E-state index is 0.0884. The van der Waals surface area contributed by atoms with Crippen LogP contribution in [0.5, 0.6) is 0 Å². The maximum absolute atomic E-state index is 11.6. The van der Waals surface area contributed by atoms with E-state index >= 15 is 0 Å². The molecule has 0 spiro atoms. The van der Waals surface area contributed by atoms with E-state index in [-0.39, 0.29) is 17.2 Å². The average Bonchev–Trinajstić information content (AvgIpc) is 2.67. The molecule has 6 nitrogen and oxygen atoms in total. The number of pyridine rings is 1.